The highest BCUT2D eigenvalue weighted by Crippen LogP contribution is 2.30. The van der Waals surface area contributed by atoms with Gasteiger partial charge >= 0.3 is 0 Å². The minimum atomic E-state index is -0.680. The van der Waals surface area contributed by atoms with Crippen molar-refractivity contribution in [2.24, 2.45) is 5.73 Å². The zero-order valence-corrected chi connectivity index (χ0v) is 16.0. The van der Waals surface area contributed by atoms with Gasteiger partial charge < -0.3 is 15.4 Å². The van der Waals surface area contributed by atoms with Gasteiger partial charge in [-0.25, -0.2) is 0 Å². The molecule has 2 N–H and O–H groups in total. The third-order valence-electron chi connectivity index (χ3n) is 4.66. The molecule has 0 bridgehead atoms. The molecule has 0 aliphatic carbocycles. The van der Waals surface area contributed by atoms with Crippen LogP contribution in [0.15, 0.2) is 42.5 Å². The number of hydrogen-bond acceptors (Lipinski definition) is 6. The third kappa shape index (κ3) is 4.90. The smallest absolute Gasteiger partial charge is 0.293 e. The number of hydrogen-bond donors (Lipinski definition) is 1. The number of piperazine rings is 1. The van der Waals surface area contributed by atoms with Gasteiger partial charge in [-0.05, 0) is 36.4 Å². The van der Waals surface area contributed by atoms with Crippen LogP contribution in [0.4, 0.5) is 11.4 Å². The van der Waals surface area contributed by atoms with Crippen molar-refractivity contribution in [2.45, 2.75) is 0 Å². The SMILES string of the molecule is NC(=O)c1ccc(N2CCN(CCOc3ccc(Cl)cc3)CC2)c([N+](=O)[O-])c1. The molecule has 0 radical (unpaired) electrons. The summed E-state index contributed by atoms with van der Waals surface area (Å²) in [5.74, 6) is 0.0911. The van der Waals surface area contributed by atoms with E-state index in [-0.39, 0.29) is 11.3 Å². The highest BCUT2D eigenvalue weighted by atomic mass is 35.5. The van der Waals surface area contributed by atoms with Crippen molar-refractivity contribution in [2.75, 3.05) is 44.2 Å². The predicted molar refractivity (Wildman–Crippen MR) is 107 cm³/mol. The van der Waals surface area contributed by atoms with E-state index in [1.165, 1.54) is 12.1 Å². The maximum absolute atomic E-state index is 11.4. The molecule has 8 nitrogen and oxygen atoms in total. The number of ether oxygens (including phenoxy) is 1. The number of nitro groups is 1. The van der Waals surface area contributed by atoms with Gasteiger partial charge in [0.25, 0.3) is 5.69 Å². The summed E-state index contributed by atoms with van der Waals surface area (Å²) < 4.78 is 5.71. The Hall–Kier alpha value is -2.84. The predicted octanol–water partition coefficient (Wildman–Crippen LogP) is 2.55. The molecule has 0 spiro atoms. The highest BCUT2D eigenvalue weighted by molar-refractivity contribution is 6.30. The second kappa shape index (κ2) is 8.90. The van der Waals surface area contributed by atoms with E-state index in [1.807, 2.05) is 17.0 Å². The molecule has 1 amide bonds. The number of rotatable bonds is 7. The summed E-state index contributed by atoms with van der Waals surface area (Å²) in [5.41, 5.74) is 5.76. The fourth-order valence-corrected chi connectivity index (χ4v) is 3.25. The average molecular weight is 405 g/mol. The number of amides is 1. The monoisotopic (exact) mass is 404 g/mol. The topological polar surface area (TPSA) is 102 Å². The summed E-state index contributed by atoms with van der Waals surface area (Å²) in [7, 11) is 0. The van der Waals surface area contributed by atoms with Gasteiger partial charge in [-0.2, -0.15) is 0 Å². The quantitative estimate of drug-likeness (QED) is 0.562. The molecular weight excluding hydrogens is 384 g/mol. The summed E-state index contributed by atoms with van der Waals surface area (Å²) in [5, 5.41) is 12.1. The van der Waals surface area contributed by atoms with Gasteiger partial charge in [0.2, 0.25) is 5.91 Å². The second-order valence-corrected chi connectivity index (χ2v) is 6.89. The van der Waals surface area contributed by atoms with Gasteiger partial charge in [0.1, 0.15) is 18.0 Å². The van der Waals surface area contributed by atoms with E-state index in [0.717, 1.165) is 25.4 Å². The summed E-state index contributed by atoms with van der Waals surface area (Å²) >= 11 is 5.85. The van der Waals surface area contributed by atoms with E-state index in [2.05, 4.69) is 4.90 Å². The van der Waals surface area contributed by atoms with Gasteiger partial charge in [0, 0.05) is 49.4 Å². The number of halogens is 1. The maximum Gasteiger partial charge on any atom is 0.293 e. The minimum absolute atomic E-state index is 0.101. The molecule has 1 heterocycles. The lowest BCUT2D eigenvalue weighted by atomic mass is 10.1. The number of nitro benzene ring substituents is 1. The zero-order valence-electron chi connectivity index (χ0n) is 15.2. The van der Waals surface area contributed by atoms with E-state index in [0.29, 0.717) is 30.4 Å². The number of benzene rings is 2. The summed E-state index contributed by atoms with van der Waals surface area (Å²) in [6, 6.07) is 11.6. The molecule has 3 rings (SSSR count). The molecular formula is C19H21ClN4O4. The van der Waals surface area contributed by atoms with Crippen molar-refractivity contribution < 1.29 is 14.5 Å². The Morgan fingerprint density at radius 1 is 1.14 bits per heavy atom. The van der Waals surface area contributed by atoms with Crippen molar-refractivity contribution in [3.63, 3.8) is 0 Å². The number of carbonyl (C=O) groups is 1. The number of carbonyl (C=O) groups excluding carboxylic acids is 1. The lowest BCUT2D eigenvalue weighted by molar-refractivity contribution is -0.384. The van der Waals surface area contributed by atoms with Gasteiger partial charge in [0.05, 0.1) is 4.92 Å². The molecule has 0 unspecified atom stereocenters. The Morgan fingerprint density at radius 2 is 1.82 bits per heavy atom. The van der Waals surface area contributed by atoms with Crippen LogP contribution < -0.4 is 15.4 Å². The van der Waals surface area contributed by atoms with Crippen LogP contribution in [-0.4, -0.2) is 55.1 Å². The van der Waals surface area contributed by atoms with E-state index < -0.39 is 10.8 Å². The summed E-state index contributed by atoms with van der Waals surface area (Å²) in [4.78, 5) is 26.4. The van der Waals surface area contributed by atoms with Gasteiger partial charge in [-0.3, -0.25) is 19.8 Å². The normalized spacial score (nSPS) is 14.7. The minimum Gasteiger partial charge on any atom is -0.492 e. The largest absolute Gasteiger partial charge is 0.492 e. The van der Waals surface area contributed by atoms with Crippen molar-refractivity contribution in [1.82, 2.24) is 4.90 Å². The molecule has 1 saturated heterocycles. The van der Waals surface area contributed by atoms with Crippen LogP contribution in [0.2, 0.25) is 5.02 Å². The Morgan fingerprint density at radius 3 is 2.43 bits per heavy atom. The molecule has 0 aromatic heterocycles. The first-order valence-corrected chi connectivity index (χ1v) is 9.26. The Balaban J connectivity index is 1.54. The average Bonchev–Trinajstić information content (AvgIpc) is 2.69. The fraction of sp³-hybridized carbons (Fsp3) is 0.316. The van der Waals surface area contributed by atoms with Crippen LogP contribution >= 0.6 is 11.6 Å². The van der Waals surface area contributed by atoms with Crippen molar-refractivity contribution in [1.29, 1.82) is 0 Å². The molecule has 2 aromatic rings. The van der Waals surface area contributed by atoms with E-state index in [1.54, 1.807) is 18.2 Å². The number of nitrogens with two attached hydrogens (primary N) is 1. The molecule has 1 aliphatic heterocycles. The first-order chi connectivity index (χ1) is 13.4. The molecule has 1 aliphatic rings. The molecule has 28 heavy (non-hydrogen) atoms. The van der Waals surface area contributed by atoms with Crippen LogP contribution in [0, 0.1) is 10.1 Å². The summed E-state index contributed by atoms with van der Waals surface area (Å²) in [6.07, 6.45) is 0. The standard InChI is InChI=1S/C19H21ClN4O4/c20-15-2-4-16(5-3-15)28-12-11-22-7-9-23(10-8-22)17-6-1-14(19(21)25)13-18(17)24(26)27/h1-6,13H,7-12H2,(H2,21,25). The fourth-order valence-electron chi connectivity index (χ4n) is 3.13. The molecule has 0 atom stereocenters. The third-order valence-corrected chi connectivity index (χ3v) is 4.91. The zero-order chi connectivity index (χ0) is 20.1. The Bertz CT molecular complexity index is 852. The maximum atomic E-state index is 11.4. The lowest BCUT2D eigenvalue weighted by Crippen LogP contribution is -2.47. The lowest BCUT2D eigenvalue weighted by Gasteiger charge is -2.35. The molecule has 9 heteroatoms. The van der Waals surface area contributed by atoms with Crippen LogP contribution in [-0.2, 0) is 0 Å². The van der Waals surface area contributed by atoms with Crippen LogP contribution in [0.5, 0.6) is 5.75 Å². The Labute approximate surface area is 167 Å². The van der Waals surface area contributed by atoms with Crippen molar-refractivity contribution in [3.05, 3.63) is 63.2 Å². The van der Waals surface area contributed by atoms with Crippen LogP contribution in [0.1, 0.15) is 10.4 Å². The van der Waals surface area contributed by atoms with Gasteiger partial charge in [-0.1, -0.05) is 11.6 Å². The molecule has 2 aromatic carbocycles. The Kier molecular flexibility index (Phi) is 6.33. The van der Waals surface area contributed by atoms with E-state index in [9.17, 15) is 14.9 Å². The first kappa shape index (κ1) is 19.9. The summed E-state index contributed by atoms with van der Waals surface area (Å²) in [6.45, 7) is 4.14. The van der Waals surface area contributed by atoms with Gasteiger partial charge in [-0.15, -0.1) is 0 Å². The van der Waals surface area contributed by atoms with E-state index >= 15 is 0 Å². The number of nitrogens with zero attached hydrogens (tertiary/aromatic N) is 3. The first-order valence-electron chi connectivity index (χ1n) is 8.88. The molecule has 148 valence electrons. The van der Waals surface area contributed by atoms with Crippen LogP contribution in [0.25, 0.3) is 0 Å². The van der Waals surface area contributed by atoms with Crippen LogP contribution in [0.3, 0.4) is 0 Å². The highest BCUT2D eigenvalue weighted by Gasteiger charge is 2.24. The number of primary amides is 1. The molecule has 1 fully saturated rings. The van der Waals surface area contributed by atoms with Gasteiger partial charge in [0.15, 0.2) is 0 Å². The molecule has 0 saturated carbocycles. The second-order valence-electron chi connectivity index (χ2n) is 6.46. The van der Waals surface area contributed by atoms with E-state index in [4.69, 9.17) is 22.1 Å². The number of anilines is 1. The van der Waals surface area contributed by atoms with Crippen molar-refractivity contribution in [3.8, 4) is 5.75 Å². The van der Waals surface area contributed by atoms with Crippen molar-refractivity contribution >= 4 is 28.9 Å².